The first-order valence-corrected chi connectivity index (χ1v) is 8.05. The van der Waals surface area contributed by atoms with E-state index in [-0.39, 0.29) is 6.61 Å². The summed E-state index contributed by atoms with van der Waals surface area (Å²) in [5.41, 5.74) is 3.54. The Labute approximate surface area is 136 Å². The Morgan fingerprint density at radius 3 is 2.55 bits per heavy atom. The van der Waals surface area contributed by atoms with Crippen LogP contribution in [0.15, 0.2) is 11.0 Å². The van der Waals surface area contributed by atoms with Crippen LogP contribution in [0.25, 0.3) is 0 Å². The van der Waals surface area contributed by atoms with Gasteiger partial charge in [0.2, 0.25) is 0 Å². The van der Waals surface area contributed by atoms with E-state index < -0.39 is 5.97 Å². The molecule has 0 bridgehead atoms. The molecule has 1 rings (SSSR count). The number of carboxylic acids is 1. The van der Waals surface area contributed by atoms with Crippen LogP contribution in [0.5, 0.6) is 5.75 Å². The highest BCUT2D eigenvalue weighted by Gasteiger charge is 2.14. The lowest BCUT2D eigenvalue weighted by atomic mass is 10.1. The predicted octanol–water partition coefficient (Wildman–Crippen LogP) is 3.05. The van der Waals surface area contributed by atoms with Crippen LogP contribution in [0.2, 0.25) is 0 Å². The van der Waals surface area contributed by atoms with E-state index in [1.165, 1.54) is 16.0 Å². The molecule has 5 nitrogen and oxygen atoms in total. The first kappa shape index (κ1) is 18.8. The minimum absolute atomic E-state index is 0.248. The van der Waals surface area contributed by atoms with Crippen LogP contribution in [0, 0.1) is 20.8 Å². The number of aliphatic carboxylic acids is 1. The Hall–Kier alpha value is -1.24. The predicted molar refractivity (Wildman–Crippen MR) is 88.8 cm³/mol. The minimum atomic E-state index is -0.937. The van der Waals surface area contributed by atoms with Gasteiger partial charge in [-0.3, -0.25) is 0 Å². The maximum atomic E-state index is 10.4. The van der Waals surface area contributed by atoms with Crippen LogP contribution in [-0.2, 0) is 9.53 Å². The topological polar surface area (TPSA) is 59.0 Å². The van der Waals surface area contributed by atoms with Gasteiger partial charge in [-0.1, -0.05) is 6.92 Å². The van der Waals surface area contributed by atoms with Gasteiger partial charge in [-0.2, -0.15) is 0 Å². The molecule has 0 aromatic heterocycles. The highest BCUT2D eigenvalue weighted by Crippen LogP contribution is 2.35. The van der Waals surface area contributed by atoms with E-state index in [1.807, 2.05) is 0 Å². The molecule has 0 saturated carbocycles. The summed E-state index contributed by atoms with van der Waals surface area (Å²) in [5.74, 6) is -0.0274. The summed E-state index contributed by atoms with van der Waals surface area (Å²) in [7, 11) is 1.69. The number of likely N-dealkylation sites (N-methyl/N-ethyl adjacent to an activating group) is 1. The molecule has 124 valence electrons. The summed E-state index contributed by atoms with van der Waals surface area (Å²) in [6.07, 6.45) is 0. The maximum Gasteiger partial charge on any atom is 0.329 e. The van der Waals surface area contributed by atoms with E-state index in [0.717, 1.165) is 17.9 Å². The molecule has 0 unspecified atom stereocenters. The van der Waals surface area contributed by atoms with Crippen molar-refractivity contribution >= 4 is 17.9 Å². The van der Waals surface area contributed by atoms with Crippen molar-refractivity contribution in [3.63, 3.8) is 0 Å². The van der Waals surface area contributed by atoms with Crippen LogP contribution < -0.4 is 4.74 Å². The molecule has 0 heterocycles. The first-order valence-electron chi connectivity index (χ1n) is 7.27. The quantitative estimate of drug-likeness (QED) is 0.556. The molecule has 0 aliphatic rings. The summed E-state index contributed by atoms with van der Waals surface area (Å²) in [5, 5.41) is 8.57. The van der Waals surface area contributed by atoms with Crippen LogP contribution in [-0.4, -0.2) is 48.8 Å². The van der Waals surface area contributed by atoms with Crippen molar-refractivity contribution in [2.75, 3.05) is 33.4 Å². The minimum Gasteiger partial charge on any atom is -0.496 e. The smallest absolute Gasteiger partial charge is 0.329 e. The molecule has 1 N–H and O–H groups in total. The number of carbonyl (C=O) groups is 1. The lowest BCUT2D eigenvalue weighted by Crippen LogP contribution is -2.22. The summed E-state index contributed by atoms with van der Waals surface area (Å²) >= 11 is 1.68. The number of hydrogen-bond acceptors (Lipinski definition) is 5. The molecule has 0 aliphatic heterocycles. The highest BCUT2D eigenvalue weighted by molar-refractivity contribution is 7.97. The largest absolute Gasteiger partial charge is 0.496 e. The van der Waals surface area contributed by atoms with E-state index in [4.69, 9.17) is 14.6 Å². The molecule has 22 heavy (non-hydrogen) atoms. The van der Waals surface area contributed by atoms with Crippen molar-refractivity contribution in [1.29, 1.82) is 0 Å². The number of aryl methyl sites for hydroxylation is 1. The van der Waals surface area contributed by atoms with Crippen molar-refractivity contribution in [3.8, 4) is 5.75 Å². The second-order valence-electron chi connectivity index (χ2n) is 5.03. The Balaban J connectivity index is 2.75. The SMILES string of the molecule is CCN(CCOCC(=O)O)Sc1c(C)cc(OC)c(C)c1C. The van der Waals surface area contributed by atoms with Gasteiger partial charge in [0.25, 0.3) is 0 Å². The first-order chi connectivity index (χ1) is 10.4. The van der Waals surface area contributed by atoms with E-state index in [2.05, 4.69) is 38.1 Å². The number of methoxy groups -OCH3 is 1. The van der Waals surface area contributed by atoms with Crippen molar-refractivity contribution in [2.45, 2.75) is 32.6 Å². The van der Waals surface area contributed by atoms with Crippen molar-refractivity contribution in [2.24, 2.45) is 0 Å². The van der Waals surface area contributed by atoms with Crippen LogP contribution in [0.3, 0.4) is 0 Å². The van der Waals surface area contributed by atoms with Crippen molar-refractivity contribution < 1.29 is 19.4 Å². The van der Waals surface area contributed by atoms with Gasteiger partial charge in [0, 0.05) is 18.0 Å². The summed E-state index contributed by atoms with van der Waals surface area (Å²) < 4.78 is 12.7. The van der Waals surface area contributed by atoms with E-state index in [1.54, 1.807) is 19.1 Å². The molecule has 1 aromatic rings. The molecular formula is C16H25NO4S. The average Bonchev–Trinajstić information content (AvgIpc) is 2.49. The lowest BCUT2D eigenvalue weighted by Gasteiger charge is -2.22. The van der Waals surface area contributed by atoms with E-state index in [9.17, 15) is 4.79 Å². The van der Waals surface area contributed by atoms with Gasteiger partial charge >= 0.3 is 5.97 Å². The van der Waals surface area contributed by atoms with Gasteiger partial charge in [0.1, 0.15) is 12.4 Å². The Kier molecular flexibility index (Phi) is 7.72. The third-order valence-electron chi connectivity index (χ3n) is 3.48. The third kappa shape index (κ3) is 5.19. The summed E-state index contributed by atoms with van der Waals surface area (Å²) in [6.45, 7) is 9.99. The fraction of sp³-hybridized carbons (Fsp3) is 0.562. The molecule has 0 radical (unpaired) electrons. The van der Waals surface area contributed by atoms with E-state index in [0.29, 0.717) is 13.2 Å². The fourth-order valence-electron chi connectivity index (χ4n) is 2.10. The molecule has 0 amide bonds. The monoisotopic (exact) mass is 327 g/mol. The molecule has 0 saturated heterocycles. The second-order valence-corrected chi connectivity index (χ2v) is 6.14. The maximum absolute atomic E-state index is 10.4. The average molecular weight is 327 g/mol. The zero-order valence-electron chi connectivity index (χ0n) is 13.9. The Morgan fingerprint density at radius 2 is 2.00 bits per heavy atom. The number of carboxylic acid groups (broad SMARTS) is 1. The molecule has 0 atom stereocenters. The second kappa shape index (κ2) is 9.02. The fourth-order valence-corrected chi connectivity index (χ4v) is 3.14. The lowest BCUT2D eigenvalue weighted by molar-refractivity contribution is -0.142. The van der Waals surface area contributed by atoms with Gasteiger partial charge in [-0.25, -0.2) is 9.10 Å². The number of hydrogen-bond donors (Lipinski definition) is 1. The number of ether oxygens (including phenoxy) is 2. The number of nitrogens with zero attached hydrogens (tertiary/aromatic N) is 1. The van der Waals surface area contributed by atoms with Gasteiger partial charge in [0.05, 0.1) is 13.7 Å². The normalized spacial score (nSPS) is 11.0. The van der Waals surface area contributed by atoms with Crippen LogP contribution in [0.4, 0.5) is 0 Å². The van der Waals surface area contributed by atoms with Gasteiger partial charge < -0.3 is 14.6 Å². The molecule has 0 spiro atoms. The number of rotatable bonds is 9. The zero-order chi connectivity index (χ0) is 16.7. The molecule has 0 aliphatic carbocycles. The zero-order valence-corrected chi connectivity index (χ0v) is 14.7. The summed E-state index contributed by atoms with van der Waals surface area (Å²) in [4.78, 5) is 11.7. The third-order valence-corrected chi connectivity index (χ3v) is 4.99. The highest BCUT2D eigenvalue weighted by atomic mass is 32.2. The van der Waals surface area contributed by atoms with Crippen LogP contribution >= 0.6 is 11.9 Å². The Morgan fingerprint density at radius 1 is 1.32 bits per heavy atom. The van der Waals surface area contributed by atoms with Gasteiger partial charge in [-0.05, 0) is 55.5 Å². The van der Waals surface area contributed by atoms with Gasteiger partial charge in [0.15, 0.2) is 0 Å². The van der Waals surface area contributed by atoms with E-state index >= 15 is 0 Å². The standard InChI is InChI=1S/C16H25NO4S/c1-6-17(7-8-21-10-15(18)19)22-16-11(2)9-14(20-5)12(3)13(16)4/h9H,6-8,10H2,1-5H3,(H,18,19). The van der Waals surface area contributed by atoms with Gasteiger partial charge in [-0.15, -0.1) is 0 Å². The van der Waals surface area contributed by atoms with Crippen LogP contribution in [0.1, 0.15) is 23.6 Å². The molecular weight excluding hydrogens is 302 g/mol. The molecule has 0 fully saturated rings. The summed E-state index contributed by atoms with van der Waals surface area (Å²) in [6, 6.07) is 2.05. The molecule has 1 aromatic carbocycles. The molecule has 6 heteroatoms. The van der Waals surface area contributed by atoms with Crippen molar-refractivity contribution in [3.05, 3.63) is 22.8 Å². The Bertz CT molecular complexity index is 519. The number of benzene rings is 1. The van der Waals surface area contributed by atoms with Crippen molar-refractivity contribution in [1.82, 2.24) is 4.31 Å².